The number of carbonyl (C=O) groups excluding carboxylic acids is 2. The van der Waals surface area contributed by atoms with Crippen LogP contribution in [0.15, 0.2) is 30.3 Å². The van der Waals surface area contributed by atoms with Gasteiger partial charge in [0.1, 0.15) is 12.2 Å². The van der Waals surface area contributed by atoms with E-state index in [4.69, 9.17) is 9.47 Å². The van der Waals surface area contributed by atoms with E-state index in [0.29, 0.717) is 18.4 Å². The van der Waals surface area contributed by atoms with Gasteiger partial charge in [-0.2, -0.15) is 0 Å². The average molecular weight is 276 g/mol. The minimum Gasteiger partial charge on any atom is -0.462 e. The topological polar surface area (TPSA) is 72.8 Å². The molecule has 1 heterocycles. The van der Waals surface area contributed by atoms with Crippen LogP contribution in [0.1, 0.15) is 23.2 Å². The fraction of sp³-hybridized carbons (Fsp3) is 0.467. The second kappa shape index (κ2) is 5.25. The summed E-state index contributed by atoms with van der Waals surface area (Å²) in [6.07, 6.45) is 0.152. The third-order valence-electron chi connectivity index (χ3n) is 4.13. The maximum absolute atomic E-state index is 12.0. The summed E-state index contributed by atoms with van der Waals surface area (Å²) < 4.78 is 10.7. The molecule has 2 fully saturated rings. The predicted molar refractivity (Wildman–Crippen MR) is 68.8 cm³/mol. The van der Waals surface area contributed by atoms with Crippen LogP contribution in [-0.4, -0.2) is 35.9 Å². The van der Waals surface area contributed by atoms with Gasteiger partial charge in [-0.3, -0.25) is 4.79 Å². The van der Waals surface area contributed by atoms with Crippen molar-refractivity contribution in [2.75, 3.05) is 6.61 Å². The zero-order valence-corrected chi connectivity index (χ0v) is 10.9. The maximum atomic E-state index is 12.0. The van der Waals surface area contributed by atoms with E-state index < -0.39 is 12.1 Å². The van der Waals surface area contributed by atoms with Gasteiger partial charge in [0.2, 0.25) is 0 Å². The zero-order valence-electron chi connectivity index (χ0n) is 10.9. The van der Waals surface area contributed by atoms with Crippen LogP contribution in [0, 0.1) is 11.8 Å². The summed E-state index contributed by atoms with van der Waals surface area (Å²) in [7, 11) is 0. The molecular formula is C15H16O5. The van der Waals surface area contributed by atoms with Gasteiger partial charge in [0.25, 0.3) is 0 Å². The van der Waals surface area contributed by atoms with Crippen LogP contribution in [0.2, 0.25) is 0 Å². The lowest BCUT2D eigenvalue weighted by molar-refractivity contribution is -0.141. The molecule has 1 N–H and O–H groups in total. The van der Waals surface area contributed by atoms with E-state index >= 15 is 0 Å². The highest BCUT2D eigenvalue weighted by atomic mass is 16.6. The Hall–Kier alpha value is -1.88. The number of carbonyl (C=O) groups is 2. The van der Waals surface area contributed by atoms with Crippen molar-refractivity contribution >= 4 is 11.9 Å². The van der Waals surface area contributed by atoms with Crippen molar-refractivity contribution in [2.24, 2.45) is 11.8 Å². The number of hydrogen-bond acceptors (Lipinski definition) is 5. The molecule has 5 nitrogen and oxygen atoms in total. The Labute approximate surface area is 116 Å². The van der Waals surface area contributed by atoms with Gasteiger partial charge < -0.3 is 14.6 Å². The molecular weight excluding hydrogens is 260 g/mol. The van der Waals surface area contributed by atoms with E-state index in [9.17, 15) is 14.7 Å². The highest BCUT2D eigenvalue weighted by molar-refractivity contribution is 5.89. The highest BCUT2D eigenvalue weighted by Gasteiger charge is 2.51. The molecule has 20 heavy (non-hydrogen) atoms. The van der Waals surface area contributed by atoms with Gasteiger partial charge in [0, 0.05) is 24.9 Å². The first-order chi connectivity index (χ1) is 9.69. The second-order valence-corrected chi connectivity index (χ2v) is 5.29. The Morgan fingerprint density at radius 3 is 2.80 bits per heavy atom. The number of aliphatic hydroxyl groups is 1. The molecule has 0 bridgehead atoms. The summed E-state index contributed by atoms with van der Waals surface area (Å²) in [5, 5.41) is 9.50. The molecule has 1 aromatic carbocycles. The lowest BCUT2D eigenvalue weighted by Gasteiger charge is -2.20. The Morgan fingerprint density at radius 1 is 1.35 bits per heavy atom. The van der Waals surface area contributed by atoms with Gasteiger partial charge in [0.05, 0.1) is 12.0 Å². The largest absolute Gasteiger partial charge is 0.462 e. The van der Waals surface area contributed by atoms with Gasteiger partial charge in [-0.25, -0.2) is 4.79 Å². The van der Waals surface area contributed by atoms with E-state index in [-0.39, 0.29) is 30.5 Å². The summed E-state index contributed by atoms with van der Waals surface area (Å²) in [5.41, 5.74) is 0.484. The lowest BCUT2D eigenvalue weighted by atomic mass is 9.93. The third kappa shape index (κ3) is 2.29. The summed E-state index contributed by atoms with van der Waals surface area (Å²) in [5.74, 6) is -0.896. The van der Waals surface area contributed by atoms with Crippen molar-refractivity contribution in [2.45, 2.75) is 25.0 Å². The van der Waals surface area contributed by atoms with E-state index in [1.807, 2.05) is 6.07 Å². The maximum Gasteiger partial charge on any atom is 0.338 e. The monoisotopic (exact) mass is 276 g/mol. The van der Waals surface area contributed by atoms with Gasteiger partial charge in [-0.15, -0.1) is 0 Å². The fourth-order valence-corrected chi connectivity index (χ4v) is 3.13. The van der Waals surface area contributed by atoms with Gasteiger partial charge in [-0.1, -0.05) is 18.2 Å². The number of esters is 2. The van der Waals surface area contributed by atoms with Crippen LogP contribution in [0.25, 0.3) is 0 Å². The first-order valence-electron chi connectivity index (χ1n) is 6.75. The minimum atomic E-state index is -0.402. The molecule has 0 spiro atoms. The molecule has 1 aromatic rings. The quantitative estimate of drug-likeness (QED) is 0.839. The Kier molecular flexibility index (Phi) is 3.44. The van der Waals surface area contributed by atoms with Gasteiger partial charge in [-0.05, 0) is 12.1 Å². The molecule has 0 radical (unpaired) electrons. The summed E-state index contributed by atoms with van der Waals surface area (Å²) in [4.78, 5) is 23.3. The fourth-order valence-electron chi connectivity index (χ4n) is 3.13. The van der Waals surface area contributed by atoms with E-state index in [1.165, 1.54) is 0 Å². The molecule has 1 saturated carbocycles. The number of hydrogen-bond donors (Lipinski definition) is 1. The predicted octanol–water partition coefficient (Wildman–Crippen LogP) is 1.16. The molecule has 4 atom stereocenters. The smallest absolute Gasteiger partial charge is 0.338 e. The average Bonchev–Trinajstić information content (AvgIpc) is 2.95. The normalized spacial score (nSPS) is 31.8. The number of aliphatic hydroxyl groups excluding tert-OH is 1. The molecule has 106 valence electrons. The molecule has 1 saturated heterocycles. The van der Waals surface area contributed by atoms with E-state index in [1.54, 1.807) is 24.3 Å². The van der Waals surface area contributed by atoms with Crippen molar-refractivity contribution < 1.29 is 24.2 Å². The van der Waals surface area contributed by atoms with Gasteiger partial charge >= 0.3 is 11.9 Å². The van der Waals surface area contributed by atoms with Crippen LogP contribution < -0.4 is 0 Å². The highest BCUT2D eigenvalue weighted by Crippen LogP contribution is 2.42. The van der Waals surface area contributed by atoms with Crippen LogP contribution in [0.4, 0.5) is 0 Å². The van der Waals surface area contributed by atoms with Crippen LogP contribution in [0.5, 0.6) is 0 Å². The SMILES string of the molecule is O=C1CC2C(CO)[C@H](OC(=O)c3ccccc3)C[C@@H]2O1. The summed E-state index contributed by atoms with van der Waals surface area (Å²) in [6.45, 7) is -0.107. The second-order valence-electron chi connectivity index (χ2n) is 5.29. The molecule has 1 aliphatic heterocycles. The van der Waals surface area contributed by atoms with Crippen LogP contribution in [0.3, 0.4) is 0 Å². The summed E-state index contributed by atoms with van der Waals surface area (Å²) >= 11 is 0. The Morgan fingerprint density at radius 2 is 2.10 bits per heavy atom. The molecule has 2 unspecified atom stereocenters. The summed E-state index contributed by atoms with van der Waals surface area (Å²) in [6, 6.07) is 8.74. The first kappa shape index (κ1) is 13.1. The molecule has 3 rings (SSSR count). The Bertz CT molecular complexity index is 512. The first-order valence-corrected chi connectivity index (χ1v) is 6.75. The van der Waals surface area contributed by atoms with Crippen molar-refractivity contribution in [3.8, 4) is 0 Å². The van der Waals surface area contributed by atoms with Crippen molar-refractivity contribution in [1.82, 2.24) is 0 Å². The number of rotatable bonds is 3. The molecule has 0 aromatic heterocycles. The van der Waals surface area contributed by atoms with E-state index in [0.717, 1.165) is 0 Å². The molecule has 5 heteroatoms. The Balaban J connectivity index is 1.69. The molecule has 1 aliphatic carbocycles. The van der Waals surface area contributed by atoms with Crippen molar-refractivity contribution in [3.63, 3.8) is 0 Å². The number of benzene rings is 1. The zero-order chi connectivity index (χ0) is 14.1. The van der Waals surface area contributed by atoms with Gasteiger partial charge in [0.15, 0.2) is 0 Å². The number of ether oxygens (including phenoxy) is 2. The standard InChI is InChI=1S/C15H16O5/c16-8-11-10-6-14(17)19-12(10)7-13(11)20-15(18)9-4-2-1-3-5-9/h1-5,10-13,16H,6-8H2/t10?,11?,12-,13+/m0/s1. The number of fused-ring (bicyclic) bond motifs is 1. The van der Waals surface area contributed by atoms with Crippen molar-refractivity contribution in [3.05, 3.63) is 35.9 Å². The van der Waals surface area contributed by atoms with Crippen molar-refractivity contribution in [1.29, 1.82) is 0 Å². The molecule has 2 aliphatic rings. The van der Waals surface area contributed by atoms with Crippen LogP contribution >= 0.6 is 0 Å². The van der Waals surface area contributed by atoms with Crippen LogP contribution in [-0.2, 0) is 14.3 Å². The van der Waals surface area contributed by atoms with E-state index in [2.05, 4.69) is 0 Å². The third-order valence-corrected chi connectivity index (χ3v) is 4.13. The minimum absolute atomic E-state index is 0.0407. The molecule has 0 amide bonds. The lowest BCUT2D eigenvalue weighted by Crippen LogP contribution is -2.28.